The molecule has 0 N–H and O–H groups in total. The molecule has 1 aromatic heterocycles. The summed E-state index contributed by atoms with van der Waals surface area (Å²) in [5, 5.41) is 17.0. The fraction of sp³-hybridized carbons (Fsp3) is 0.211. The lowest BCUT2D eigenvalue weighted by atomic mass is 9.98. The third kappa shape index (κ3) is 3.29. The van der Waals surface area contributed by atoms with Crippen LogP contribution >= 0.6 is 0 Å². The van der Waals surface area contributed by atoms with Crippen LogP contribution in [-0.4, -0.2) is 15.0 Å². The predicted octanol–water partition coefficient (Wildman–Crippen LogP) is 4.15. The van der Waals surface area contributed by atoms with Crippen molar-refractivity contribution in [3.63, 3.8) is 0 Å². The number of unbranched alkanes of at least 4 members (excludes halogenated alkanes) is 1. The molecule has 3 aromatic rings. The van der Waals surface area contributed by atoms with Crippen molar-refractivity contribution in [2.24, 2.45) is 0 Å². The number of nitrogens with zero attached hydrogens (tertiary/aromatic N) is 4. The smallest absolute Gasteiger partial charge is 0.0991 e. The highest BCUT2D eigenvalue weighted by atomic mass is 15.4. The van der Waals surface area contributed by atoms with Crippen LogP contribution in [0.1, 0.15) is 30.9 Å². The van der Waals surface area contributed by atoms with E-state index in [1.165, 1.54) is 18.4 Å². The Morgan fingerprint density at radius 1 is 1.13 bits per heavy atom. The molecule has 0 saturated heterocycles. The van der Waals surface area contributed by atoms with E-state index in [2.05, 4.69) is 41.5 Å². The molecule has 0 amide bonds. The monoisotopic (exact) mass is 302 g/mol. The van der Waals surface area contributed by atoms with Crippen LogP contribution in [0.25, 0.3) is 16.8 Å². The first-order valence-corrected chi connectivity index (χ1v) is 7.82. The van der Waals surface area contributed by atoms with Gasteiger partial charge in [0.1, 0.15) is 0 Å². The summed E-state index contributed by atoms with van der Waals surface area (Å²) in [6, 6.07) is 16.3. The van der Waals surface area contributed by atoms with Crippen LogP contribution < -0.4 is 0 Å². The lowest BCUT2D eigenvalue weighted by Crippen LogP contribution is -1.99. The fourth-order valence-electron chi connectivity index (χ4n) is 2.61. The van der Waals surface area contributed by atoms with Crippen molar-refractivity contribution < 1.29 is 0 Å². The van der Waals surface area contributed by atoms with Gasteiger partial charge in [-0.05, 0) is 48.2 Å². The van der Waals surface area contributed by atoms with Gasteiger partial charge in [-0.25, -0.2) is 4.68 Å². The summed E-state index contributed by atoms with van der Waals surface area (Å²) in [4.78, 5) is 0. The molecule has 3 rings (SSSR count). The van der Waals surface area contributed by atoms with Crippen molar-refractivity contribution >= 4 is 0 Å². The van der Waals surface area contributed by atoms with Crippen LogP contribution in [0.4, 0.5) is 0 Å². The molecular formula is C19H18N4. The molecule has 114 valence electrons. The molecule has 1 heterocycles. The van der Waals surface area contributed by atoms with Crippen molar-refractivity contribution in [1.82, 2.24) is 15.0 Å². The Morgan fingerprint density at radius 2 is 1.96 bits per heavy atom. The molecule has 0 spiro atoms. The second-order valence-electron chi connectivity index (χ2n) is 5.49. The van der Waals surface area contributed by atoms with E-state index in [0.29, 0.717) is 5.56 Å². The first-order chi connectivity index (χ1) is 11.3. The summed E-state index contributed by atoms with van der Waals surface area (Å²) < 4.78 is 1.77. The van der Waals surface area contributed by atoms with E-state index in [1.54, 1.807) is 10.9 Å². The number of hydrogen-bond donors (Lipinski definition) is 0. The molecule has 0 radical (unpaired) electrons. The first kappa shape index (κ1) is 15.0. The van der Waals surface area contributed by atoms with Gasteiger partial charge in [-0.3, -0.25) is 0 Å². The van der Waals surface area contributed by atoms with Crippen LogP contribution in [-0.2, 0) is 6.42 Å². The molecule has 0 aliphatic carbocycles. The quantitative estimate of drug-likeness (QED) is 0.711. The van der Waals surface area contributed by atoms with Crippen molar-refractivity contribution in [3.8, 4) is 22.9 Å². The lowest BCUT2D eigenvalue weighted by Gasteiger charge is -2.12. The molecule has 0 aliphatic rings. The van der Waals surface area contributed by atoms with Gasteiger partial charge in [-0.2, -0.15) is 5.26 Å². The highest BCUT2D eigenvalue weighted by Gasteiger charge is 2.09. The summed E-state index contributed by atoms with van der Waals surface area (Å²) in [5.74, 6) is 0. The van der Waals surface area contributed by atoms with E-state index in [1.807, 2.05) is 30.5 Å². The number of hydrogen-bond acceptors (Lipinski definition) is 3. The Balaban J connectivity index is 2.08. The van der Waals surface area contributed by atoms with Gasteiger partial charge in [-0.15, -0.1) is 5.10 Å². The zero-order valence-corrected chi connectivity index (χ0v) is 13.1. The molecule has 0 aliphatic heterocycles. The van der Waals surface area contributed by atoms with Crippen LogP contribution in [0.3, 0.4) is 0 Å². The first-order valence-electron chi connectivity index (χ1n) is 7.82. The third-order valence-corrected chi connectivity index (χ3v) is 3.87. The molecule has 0 unspecified atom stereocenters. The molecule has 0 fully saturated rings. The molecule has 0 bridgehead atoms. The number of rotatable bonds is 5. The average Bonchev–Trinajstić information content (AvgIpc) is 3.14. The molecule has 0 saturated carbocycles. The minimum absolute atomic E-state index is 0.665. The lowest BCUT2D eigenvalue weighted by molar-refractivity contribution is 0.789. The number of aryl methyl sites for hydroxylation is 1. The van der Waals surface area contributed by atoms with E-state index in [-0.39, 0.29) is 0 Å². The van der Waals surface area contributed by atoms with Gasteiger partial charge in [0, 0.05) is 5.56 Å². The minimum atomic E-state index is 0.665. The highest BCUT2D eigenvalue weighted by Crippen LogP contribution is 2.28. The van der Waals surface area contributed by atoms with E-state index in [9.17, 15) is 0 Å². The van der Waals surface area contributed by atoms with Crippen LogP contribution in [0, 0.1) is 11.3 Å². The summed E-state index contributed by atoms with van der Waals surface area (Å²) in [6.45, 7) is 2.20. The maximum atomic E-state index is 8.97. The normalized spacial score (nSPS) is 10.4. The Hall–Kier alpha value is -2.93. The second kappa shape index (κ2) is 6.89. The SMILES string of the molecule is CCCCc1ccc(-n2ccnn2)c(-c2ccc(C#N)cc2)c1. The third-order valence-electron chi connectivity index (χ3n) is 3.87. The molecule has 4 heteroatoms. The highest BCUT2D eigenvalue weighted by molar-refractivity contribution is 5.74. The maximum absolute atomic E-state index is 8.97. The van der Waals surface area contributed by atoms with Crippen molar-refractivity contribution in [3.05, 3.63) is 66.0 Å². The summed E-state index contributed by atoms with van der Waals surface area (Å²) in [5.41, 5.74) is 5.15. The van der Waals surface area contributed by atoms with Crippen LogP contribution in [0.15, 0.2) is 54.9 Å². The zero-order chi connectivity index (χ0) is 16.1. The Morgan fingerprint density at radius 3 is 2.61 bits per heavy atom. The molecule has 23 heavy (non-hydrogen) atoms. The van der Waals surface area contributed by atoms with Gasteiger partial charge in [0.25, 0.3) is 0 Å². The van der Waals surface area contributed by atoms with Crippen LogP contribution in [0.5, 0.6) is 0 Å². The molecule has 0 atom stereocenters. The Kier molecular flexibility index (Phi) is 4.49. The van der Waals surface area contributed by atoms with Gasteiger partial charge in [0.15, 0.2) is 0 Å². The second-order valence-corrected chi connectivity index (χ2v) is 5.49. The van der Waals surface area contributed by atoms with Gasteiger partial charge in [-0.1, -0.05) is 36.8 Å². The topological polar surface area (TPSA) is 54.5 Å². The predicted molar refractivity (Wildman–Crippen MR) is 90.1 cm³/mol. The number of aromatic nitrogens is 3. The van der Waals surface area contributed by atoms with Crippen LogP contribution in [0.2, 0.25) is 0 Å². The van der Waals surface area contributed by atoms with E-state index in [0.717, 1.165) is 23.2 Å². The van der Waals surface area contributed by atoms with Gasteiger partial charge in [0.2, 0.25) is 0 Å². The Bertz CT molecular complexity index is 812. The van der Waals surface area contributed by atoms with Crippen molar-refractivity contribution in [2.75, 3.05) is 0 Å². The number of benzene rings is 2. The van der Waals surface area contributed by atoms with Gasteiger partial charge >= 0.3 is 0 Å². The van der Waals surface area contributed by atoms with Crippen molar-refractivity contribution in [1.29, 1.82) is 5.26 Å². The summed E-state index contributed by atoms with van der Waals surface area (Å²) in [7, 11) is 0. The minimum Gasteiger partial charge on any atom is -0.220 e. The maximum Gasteiger partial charge on any atom is 0.0991 e. The van der Waals surface area contributed by atoms with E-state index in [4.69, 9.17) is 5.26 Å². The average molecular weight is 302 g/mol. The molecule has 4 nitrogen and oxygen atoms in total. The zero-order valence-electron chi connectivity index (χ0n) is 13.1. The van der Waals surface area contributed by atoms with E-state index < -0.39 is 0 Å². The van der Waals surface area contributed by atoms with Gasteiger partial charge in [0.05, 0.1) is 29.7 Å². The van der Waals surface area contributed by atoms with E-state index >= 15 is 0 Å². The largest absolute Gasteiger partial charge is 0.220 e. The Labute approximate surface area is 136 Å². The summed E-state index contributed by atoms with van der Waals surface area (Å²) in [6.07, 6.45) is 6.94. The molecule has 2 aromatic carbocycles. The van der Waals surface area contributed by atoms with Gasteiger partial charge < -0.3 is 0 Å². The van der Waals surface area contributed by atoms with Crippen molar-refractivity contribution in [2.45, 2.75) is 26.2 Å². The molecular weight excluding hydrogens is 284 g/mol. The summed E-state index contributed by atoms with van der Waals surface area (Å²) >= 11 is 0. The standard InChI is InChI=1S/C19H18N4/c1-2-3-4-15-7-10-19(23-12-11-21-22-23)18(13-15)17-8-5-16(14-20)6-9-17/h5-13H,2-4H2,1H3. The number of nitriles is 1. The fourth-order valence-corrected chi connectivity index (χ4v) is 2.61.